The highest BCUT2D eigenvalue weighted by molar-refractivity contribution is 6.22. The van der Waals surface area contributed by atoms with Crippen LogP contribution < -0.4 is 9.57 Å². The second-order valence-electron chi connectivity index (χ2n) is 3.10. The molecule has 1 heterocycles. The predicted octanol–water partition coefficient (Wildman–Crippen LogP) is 0.401. The van der Waals surface area contributed by atoms with Crippen LogP contribution in [-0.2, 0) is 9.59 Å². The molecule has 0 fully saturated rings. The van der Waals surface area contributed by atoms with Crippen molar-refractivity contribution in [2.24, 2.45) is 0 Å². The maximum Gasteiger partial charge on any atom is 0.381 e. The first-order valence-corrected chi connectivity index (χ1v) is 5.05. The van der Waals surface area contributed by atoms with Crippen LogP contribution in [0.1, 0.15) is 12.8 Å². The third-order valence-corrected chi connectivity index (χ3v) is 1.99. The average molecular weight is 245 g/mol. The molecule has 1 atom stereocenters. The van der Waals surface area contributed by atoms with Gasteiger partial charge in [-0.25, -0.2) is 4.79 Å². The number of carbonyl (C=O) groups excluding carboxylic acids is 1. The molecular weight excluding hydrogens is 234 g/mol. The Bertz CT molecular complexity index is 368. The molecule has 0 bridgehead atoms. The molecule has 1 unspecified atom stereocenters. The number of hydrogen-bond acceptors (Lipinski definition) is 3. The van der Waals surface area contributed by atoms with Crippen molar-refractivity contribution >= 4 is 23.5 Å². The van der Waals surface area contributed by atoms with Crippen LogP contribution >= 0.6 is 11.6 Å². The molecule has 0 aromatic carbocycles. The molecule has 0 spiro atoms. The number of carbonyl (C=O) groups is 2. The number of aliphatic carboxylic acids is 1. The van der Waals surface area contributed by atoms with Crippen LogP contribution in [0.25, 0.3) is 0 Å². The van der Waals surface area contributed by atoms with Crippen LogP contribution in [0, 0.1) is 0 Å². The summed E-state index contributed by atoms with van der Waals surface area (Å²) < 4.78 is 1.23. The van der Waals surface area contributed by atoms with Gasteiger partial charge in [0.25, 0.3) is 0 Å². The van der Waals surface area contributed by atoms with Crippen molar-refractivity contribution in [1.82, 2.24) is 0 Å². The Morgan fingerprint density at radius 2 is 1.88 bits per heavy atom. The minimum Gasteiger partial charge on any atom is -0.481 e. The van der Waals surface area contributed by atoms with Crippen molar-refractivity contribution < 1.29 is 24.3 Å². The predicted molar refractivity (Wildman–Crippen MR) is 54.7 cm³/mol. The lowest BCUT2D eigenvalue weighted by Gasteiger charge is -2.02. The average Bonchev–Trinajstić information content (AvgIpc) is 2.17. The highest BCUT2D eigenvalue weighted by Gasteiger charge is 2.18. The smallest absolute Gasteiger partial charge is 0.381 e. The van der Waals surface area contributed by atoms with Crippen molar-refractivity contribution in [3.8, 4) is 0 Å². The molecule has 0 amide bonds. The molecule has 6 heteroatoms. The van der Waals surface area contributed by atoms with E-state index in [1.165, 1.54) is 4.73 Å². The van der Waals surface area contributed by atoms with E-state index in [2.05, 4.69) is 0 Å². The van der Waals surface area contributed by atoms with Gasteiger partial charge in [0.1, 0.15) is 0 Å². The summed E-state index contributed by atoms with van der Waals surface area (Å²) in [5.74, 6) is -1.61. The molecular formula is C10H11ClNO4+. The fraction of sp³-hybridized carbons (Fsp3) is 0.300. The zero-order valence-corrected chi connectivity index (χ0v) is 9.13. The van der Waals surface area contributed by atoms with Crippen LogP contribution in [0.2, 0.25) is 0 Å². The molecule has 0 radical (unpaired) electrons. The molecule has 1 rings (SSSR count). The SMILES string of the molecule is O=C(O)CC(Cl)CC(=O)O[n+]1ccccc1. The molecule has 1 aromatic heterocycles. The van der Waals surface area contributed by atoms with E-state index in [-0.39, 0.29) is 12.8 Å². The van der Waals surface area contributed by atoms with Gasteiger partial charge in [0.05, 0.1) is 18.2 Å². The Labute approximate surface area is 97.2 Å². The van der Waals surface area contributed by atoms with Gasteiger partial charge in [-0.2, -0.15) is 4.84 Å². The molecule has 16 heavy (non-hydrogen) atoms. The normalized spacial score (nSPS) is 11.8. The number of pyridine rings is 1. The summed E-state index contributed by atoms with van der Waals surface area (Å²) in [5, 5.41) is 7.69. The number of halogens is 1. The largest absolute Gasteiger partial charge is 0.481 e. The first-order valence-electron chi connectivity index (χ1n) is 4.61. The lowest BCUT2D eigenvalue weighted by molar-refractivity contribution is -0.869. The summed E-state index contributed by atoms with van der Waals surface area (Å²) in [6, 6.07) is 5.17. The number of aromatic nitrogens is 1. The van der Waals surface area contributed by atoms with E-state index < -0.39 is 17.3 Å². The van der Waals surface area contributed by atoms with Gasteiger partial charge in [-0.15, -0.1) is 11.6 Å². The lowest BCUT2D eigenvalue weighted by Crippen LogP contribution is -2.45. The molecule has 86 valence electrons. The highest BCUT2D eigenvalue weighted by atomic mass is 35.5. The van der Waals surface area contributed by atoms with E-state index in [4.69, 9.17) is 21.5 Å². The fourth-order valence-corrected chi connectivity index (χ4v) is 1.30. The molecule has 1 aromatic rings. The number of carboxylic acid groups (broad SMARTS) is 1. The van der Waals surface area contributed by atoms with Gasteiger partial charge in [0.2, 0.25) is 12.4 Å². The Morgan fingerprint density at radius 1 is 1.25 bits per heavy atom. The maximum absolute atomic E-state index is 11.3. The number of hydrogen-bond donors (Lipinski definition) is 1. The third-order valence-electron chi connectivity index (χ3n) is 1.68. The van der Waals surface area contributed by atoms with E-state index >= 15 is 0 Å². The number of carboxylic acids is 1. The zero-order chi connectivity index (χ0) is 12.0. The van der Waals surface area contributed by atoms with Crippen LogP contribution in [0.15, 0.2) is 30.6 Å². The van der Waals surface area contributed by atoms with E-state index in [9.17, 15) is 9.59 Å². The standard InChI is InChI=1S/C10H10ClNO4/c11-8(6-9(13)14)7-10(15)16-12-4-2-1-3-5-12/h1-5,8H,6-7H2/p+1. The Hall–Kier alpha value is -1.62. The highest BCUT2D eigenvalue weighted by Crippen LogP contribution is 2.06. The second kappa shape index (κ2) is 6.07. The quantitative estimate of drug-likeness (QED) is 0.602. The number of alkyl halides is 1. The monoisotopic (exact) mass is 244 g/mol. The van der Waals surface area contributed by atoms with Gasteiger partial charge in [-0.1, -0.05) is 6.07 Å². The summed E-state index contributed by atoms with van der Waals surface area (Å²) >= 11 is 5.65. The Morgan fingerprint density at radius 3 is 2.44 bits per heavy atom. The minimum absolute atomic E-state index is 0.143. The lowest BCUT2D eigenvalue weighted by atomic mass is 10.2. The van der Waals surface area contributed by atoms with E-state index in [0.717, 1.165) is 0 Å². The summed E-state index contributed by atoms with van der Waals surface area (Å²) in [6.07, 6.45) is 2.70. The molecule has 0 aliphatic carbocycles. The Kier molecular flexibility index (Phi) is 4.72. The van der Waals surface area contributed by atoms with Gasteiger partial charge in [-0.3, -0.25) is 4.79 Å². The first kappa shape index (κ1) is 12.4. The Balaban J connectivity index is 2.39. The van der Waals surface area contributed by atoms with E-state index in [1.54, 1.807) is 30.6 Å². The van der Waals surface area contributed by atoms with Gasteiger partial charge < -0.3 is 5.11 Å². The molecule has 0 saturated heterocycles. The molecule has 1 N–H and O–H groups in total. The summed E-state index contributed by atoms with van der Waals surface area (Å²) in [7, 11) is 0. The first-order chi connectivity index (χ1) is 7.58. The molecule has 5 nitrogen and oxygen atoms in total. The van der Waals surface area contributed by atoms with E-state index in [1.807, 2.05) is 0 Å². The summed E-state index contributed by atoms with van der Waals surface area (Å²) in [5.41, 5.74) is 0. The summed E-state index contributed by atoms with van der Waals surface area (Å²) in [6.45, 7) is 0. The van der Waals surface area contributed by atoms with Crippen LogP contribution in [0.3, 0.4) is 0 Å². The minimum atomic E-state index is -1.04. The van der Waals surface area contributed by atoms with Gasteiger partial charge >= 0.3 is 11.9 Å². The molecule has 0 aliphatic heterocycles. The number of rotatable bonds is 5. The van der Waals surface area contributed by atoms with Gasteiger partial charge in [-0.05, 0) is 0 Å². The van der Waals surface area contributed by atoms with Gasteiger partial charge in [0, 0.05) is 16.9 Å². The van der Waals surface area contributed by atoms with Gasteiger partial charge in [0.15, 0.2) is 0 Å². The van der Waals surface area contributed by atoms with Crippen LogP contribution in [0.4, 0.5) is 0 Å². The van der Waals surface area contributed by atoms with Crippen molar-refractivity contribution in [2.75, 3.05) is 0 Å². The maximum atomic E-state index is 11.3. The van der Waals surface area contributed by atoms with Crippen molar-refractivity contribution in [3.05, 3.63) is 30.6 Å². The summed E-state index contributed by atoms with van der Waals surface area (Å²) in [4.78, 5) is 26.5. The molecule has 0 saturated carbocycles. The number of nitrogens with zero attached hydrogens (tertiary/aromatic N) is 1. The van der Waals surface area contributed by atoms with Crippen molar-refractivity contribution in [3.63, 3.8) is 0 Å². The van der Waals surface area contributed by atoms with E-state index in [0.29, 0.717) is 0 Å². The third kappa shape index (κ3) is 4.75. The van der Waals surface area contributed by atoms with Crippen LogP contribution in [-0.4, -0.2) is 22.4 Å². The topological polar surface area (TPSA) is 67.5 Å². The fourth-order valence-electron chi connectivity index (χ4n) is 1.04. The molecule has 0 aliphatic rings. The van der Waals surface area contributed by atoms with Crippen molar-refractivity contribution in [1.29, 1.82) is 0 Å². The second-order valence-corrected chi connectivity index (χ2v) is 3.72. The van der Waals surface area contributed by atoms with Crippen molar-refractivity contribution in [2.45, 2.75) is 18.2 Å². The van der Waals surface area contributed by atoms with Crippen LogP contribution in [0.5, 0.6) is 0 Å². The zero-order valence-electron chi connectivity index (χ0n) is 8.38.